The summed E-state index contributed by atoms with van der Waals surface area (Å²) in [6, 6.07) is 4.79. The second-order valence-electron chi connectivity index (χ2n) is 5.98. The van der Waals surface area contributed by atoms with Gasteiger partial charge in [0.2, 0.25) is 5.91 Å². The minimum absolute atomic E-state index is 0.0322. The molecule has 0 spiro atoms. The van der Waals surface area contributed by atoms with Gasteiger partial charge in [0.15, 0.2) is 11.5 Å². The molecule has 112 valence electrons. The van der Waals surface area contributed by atoms with Crippen molar-refractivity contribution >= 4 is 17.9 Å². The Hall–Kier alpha value is -2.30. The predicted octanol–water partition coefficient (Wildman–Crippen LogP) is 2.34. The molecular formula is C16H19NO4. The van der Waals surface area contributed by atoms with E-state index in [2.05, 4.69) is 0 Å². The number of nitrogens with zero attached hydrogens (tertiary/aromatic N) is 1. The molecule has 0 bridgehead atoms. The molecule has 0 unspecified atom stereocenters. The highest BCUT2D eigenvalue weighted by molar-refractivity contribution is 6.16. The van der Waals surface area contributed by atoms with Gasteiger partial charge in [-0.05, 0) is 44.5 Å². The standard InChI is InChI=1S/C16H19NO4/c1-16(2,3)17-14(19)9-11(15(17)20)7-10-5-6-12(18)13(8-10)21-4/h5-8,18H,9H2,1-4H3/b11-7+. The van der Waals surface area contributed by atoms with Gasteiger partial charge in [-0.1, -0.05) is 6.07 Å². The van der Waals surface area contributed by atoms with Gasteiger partial charge in [-0.2, -0.15) is 0 Å². The molecule has 5 heteroatoms. The fraction of sp³-hybridized carbons (Fsp3) is 0.375. The molecule has 0 radical (unpaired) electrons. The summed E-state index contributed by atoms with van der Waals surface area (Å²) in [6.07, 6.45) is 1.76. The largest absolute Gasteiger partial charge is 0.504 e. The maximum Gasteiger partial charge on any atom is 0.257 e. The molecule has 1 aliphatic rings. The Morgan fingerprint density at radius 3 is 2.48 bits per heavy atom. The number of carbonyl (C=O) groups is 2. The van der Waals surface area contributed by atoms with Gasteiger partial charge < -0.3 is 9.84 Å². The highest BCUT2D eigenvalue weighted by Crippen LogP contribution is 2.31. The number of hydrogen-bond donors (Lipinski definition) is 1. The zero-order valence-electron chi connectivity index (χ0n) is 12.6. The van der Waals surface area contributed by atoms with Gasteiger partial charge in [0, 0.05) is 11.1 Å². The molecule has 5 nitrogen and oxygen atoms in total. The SMILES string of the molecule is COc1cc(/C=C2\CC(=O)N(C(C)(C)C)C2=O)ccc1O. The van der Waals surface area contributed by atoms with Crippen LogP contribution in [-0.4, -0.2) is 34.5 Å². The second kappa shape index (κ2) is 5.24. The molecule has 1 heterocycles. The first-order valence-corrected chi connectivity index (χ1v) is 6.69. The van der Waals surface area contributed by atoms with E-state index in [9.17, 15) is 14.7 Å². The van der Waals surface area contributed by atoms with Crippen molar-refractivity contribution in [3.8, 4) is 11.5 Å². The van der Waals surface area contributed by atoms with E-state index in [0.29, 0.717) is 16.9 Å². The Morgan fingerprint density at radius 2 is 1.95 bits per heavy atom. The number of phenolic OH excluding ortho intramolecular Hbond substituents is 1. The Balaban J connectivity index is 2.35. The Labute approximate surface area is 123 Å². The average molecular weight is 289 g/mol. The third kappa shape index (κ3) is 2.91. The number of likely N-dealkylation sites (tertiary alicyclic amines) is 1. The molecular weight excluding hydrogens is 270 g/mol. The maximum absolute atomic E-state index is 12.3. The van der Waals surface area contributed by atoms with Gasteiger partial charge in [-0.3, -0.25) is 14.5 Å². The number of hydrogen-bond acceptors (Lipinski definition) is 4. The number of benzene rings is 1. The van der Waals surface area contributed by atoms with E-state index < -0.39 is 5.54 Å². The van der Waals surface area contributed by atoms with Crippen LogP contribution >= 0.6 is 0 Å². The van der Waals surface area contributed by atoms with Crippen molar-refractivity contribution in [2.45, 2.75) is 32.7 Å². The summed E-state index contributed by atoms with van der Waals surface area (Å²) in [7, 11) is 1.46. The summed E-state index contributed by atoms with van der Waals surface area (Å²) in [4.78, 5) is 25.6. The highest BCUT2D eigenvalue weighted by atomic mass is 16.5. The fourth-order valence-corrected chi connectivity index (χ4v) is 2.35. The topological polar surface area (TPSA) is 66.8 Å². The minimum atomic E-state index is -0.531. The van der Waals surface area contributed by atoms with Gasteiger partial charge in [-0.25, -0.2) is 0 Å². The molecule has 21 heavy (non-hydrogen) atoms. The van der Waals surface area contributed by atoms with Crippen LogP contribution in [0.2, 0.25) is 0 Å². The van der Waals surface area contributed by atoms with Crippen molar-refractivity contribution < 1.29 is 19.4 Å². The van der Waals surface area contributed by atoms with E-state index in [1.807, 2.05) is 20.8 Å². The van der Waals surface area contributed by atoms with Crippen molar-refractivity contribution in [3.63, 3.8) is 0 Å². The Kier molecular flexibility index (Phi) is 3.77. The first kappa shape index (κ1) is 15.1. The molecule has 1 saturated heterocycles. The molecule has 0 aliphatic carbocycles. The smallest absolute Gasteiger partial charge is 0.257 e. The zero-order chi connectivity index (χ0) is 15.8. The summed E-state index contributed by atoms with van der Waals surface area (Å²) >= 11 is 0. The van der Waals surface area contributed by atoms with E-state index in [1.54, 1.807) is 18.2 Å². The third-order valence-electron chi connectivity index (χ3n) is 3.28. The zero-order valence-corrected chi connectivity index (χ0v) is 12.6. The third-order valence-corrected chi connectivity index (χ3v) is 3.28. The predicted molar refractivity (Wildman–Crippen MR) is 78.9 cm³/mol. The van der Waals surface area contributed by atoms with Crippen LogP contribution in [0.25, 0.3) is 6.08 Å². The number of imide groups is 1. The number of methoxy groups -OCH3 is 1. The second-order valence-corrected chi connectivity index (χ2v) is 5.98. The molecule has 0 saturated carbocycles. The molecule has 1 aromatic carbocycles. The Bertz CT molecular complexity index is 626. The lowest BCUT2D eigenvalue weighted by Gasteiger charge is -2.29. The number of ether oxygens (including phenoxy) is 1. The molecule has 1 aromatic rings. The molecule has 2 amide bonds. The summed E-state index contributed by atoms with van der Waals surface area (Å²) in [5.41, 5.74) is 0.621. The van der Waals surface area contributed by atoms with E-state index in [0.717, 1.165) is 0 Å². The first-order valence-electron chi connectivity index (χ1n) is 6.69. The van der Waals surface area contributed by atoms with Crippen LogP contribution in [0.5, 0.6) is 11.5 Å². The lowest BCUT2D eigenvalue weighted by molar-refractivity contribution is -0.142. The van der Waals surface area contributed by atoms with E-state index in [4.69, 9.17) is 4.74 Å². The Morgan fingerprint density at radius 1 is 1.29 bits per heavy atom. The van der Waals surface area contributed by atoms with Gasteiger partial charge in [0.1, 0.15) is 0 Å². The first-order chi connectivity index (χ1) is 9.74. The van der Waals surface area contributed by atoms with Crippen molar-refractivity contribution in [3.05, 3.63) is 29.3 Å². The molecule has 1 fully saturated rings. The van der Waals surface area contributed by atoms with E-state index >= 15 is 0 Å². The van der Waals surface area contributed by atoms with E-state index in [-0.39, 0.29) is 24.0 Å². The molecule has 1 N–H and O–H groups in total. The maximum atomic E-state index is 12.3. The number of rotatable bonds is 2. The average Bonchev–Trinajstić information content (AvgIpc) is 2.66. The van der Waals surface area contributed by atoms with Gasteiger partial charge in [0.25, 0.3) is 5.91 Å². The van der Waals surface area contributed by atoms with E-state index in [1.165, 1.54) is 18.1 Å². The number of carbonyl (C=O) groups excluding carboxylic acids is 2. The number of phenols is 1. The fourth-order valence-electron chi connectivity index (χ4n) is 2.35. The summed E-state index contributed by atoms with van der Waals surface area (Å²) in [5, 5.41) is 9.56. The lowest BCUT2D eigenvalue weighted by Crippen LogP contribution is -2.44. The molecule has 0 atom stereocenters. The molecule has 1 aliphatic heterocycles. The summed E-state index contributed by atoms with van der Waals surface area (Å²) in [6.45, 7) is 5.49. The normalized spacial score (nSPS) is 17.7. The van der Waals surface area contributed by atoms with Crippen molar-refractivity contribution in [2.75, 3.05) is 7.11 Å². The summed E-state index contributed by atoms with van der Waals surface area (Å²) in [5.74, 6) is -0.0948. The van der Waals surface area contributed by atoms with Crippen molar-refractivity contribution in [1.29, 1.82) is 0 Å². The van der Waals surface area contributed by atoms with Crippen molar-refractivity contribution in [2.24, 2.45) is 0 Å². The van der Waals surface area contributed by atoms with Crippen LogP contribution in [0.15, 0.2) is 23.8 Å². The monoisotopic (exact) mass is 289 g/mol. The minimum Gasteiger partial charge on any atom is -0.504 e. The van der Waals surface area contributed by atoms with Crippen LogP contribution in [0.4, 0.5) is 0 Å². The van der Waals surface area contributed by atoms with Gasteiger partial charge in [0.05, 0.1) is 13.5 Å². The van der Waals surface area contributed by atoms with Gasteiger partial charge >= 0.3 is 0 Å². The quantitative estimate of drug-likeness (QED) is 0.670. The summed E-state index contributed by atoms with van der Waals surface area (Å²) < 4.78 is 5.03. The van der Waals surface area contributed by atoms with Crippen LogP contribution in [0.1, 0.15) is 32.8 Å². The highest BCUT2D eigenvalue weighted by Gasteiger charge is 2.40. The molecule has 2 rings (SSSR count). The van der Waals surface area contributed by atoms with Gasteiger partial charge in [-0.15, -0.1) is 0 Å². The van der Waals surface area contributed by atoms with Crippen molar-refractivity contribution in [1.82, 2.24) is 4.90 Å². The van der Waals surface area contributed by atoms with Crippen LogP contribution in [0, 0.1) is 0 Å². The van der Waals surface area contributed by atoms with Crippen LogP contribution in [-0.2, 0) is 9.59 Å². The van der Waals surface area contributed by atoms with Crippen LogP contribution < -0.4 is 4.74 Å². The molecule has 0 aromatic heterocycles. The van der Waals surface area contributed by atoms with Crippen LogP contribution in [0.3, 0.4) is 0 Å². The number of amides is 2. The lowest BCUT2D eigenvalue weighted by atomic mass is 10.1. The number of aromatic hydroxyl groups is 1.